The van der Waals surface area contributed by atoms with Crippen molar-refractivity contribution in [1.29, 1.82) is 0 Å². The number of hydrogen-bond acceptors (Lipinski definition) is 12. The molecular weight excluding hydrogens is 638 g/mol. The minimum absolute atomic E-state index is 0.0147. The maximum absolute atomic E-state index is 12.3. The average Bonchev–Trinajstić information content (AvgIpc) is 3.30. The van der Waals surface area contributed by atoms with E-state index < -0.39 is 42.4 Å². The van der Waals surface area contributed by atoms with Crippen LogP contribution in [0.3, 0.4) is 0 Å². The number of phenols is 1. The summed E-state index contributed by atoms with van der Waals surface area (Å²) in [6, 6.07) is 19.1. The molecule has 6 rings (SSSR count). The van der Waals surface area contributed by atoms with Crippen LogP contribution in [0.25, 0.3) is 27.4 Å². The molecule has 0 unspecified atom stereocenters. The van der Waals surface area contributed by atoms with Gasteiger partial charge < -0.3 is 10.2 Å². The first-order valence-corrected chi connectivity index (χ1v) is 16.0. The lowest BCUT2D eigenvalue weighted by Crippen LogP contribution is -2.00. The van der Waals surface area contributed by atoms with Gasteiger partial charge in [-0.2, -0.15) is 31.7 Å². The molecular formula is C29H21N7O8S2. The Morgan fingerprint density at radius 2 is 1.46 bits per heavy atom. The van der Waals surface area contributed by atoms with Gasteiger partial charge in [-0.3, -0.25) is 14.1 Å². The molecule has 232 valence electrons. The van der Waals surface area contributed by atoms with Crippen molar-refractivity contribution in [3.8, 4) is 17.3 Å². The van der Waals surface area contributed by atoms with Gasteiger partial charge in [-0.1, -0.05) is 18.2 Å². The summed E-state index contributed by atoms with van der Waals surface area (Å²) >= 11 is 0. The van der Waals surface area contributed by atoms with Gasteiger partial charge in [0.2, 0.25) is 5.88 Å². The van der Waals surface area contributed by atoms with Crippen molar-refractivity contribution in [2.24, 2.45) is 20.5 Å². The number of aromatic nitrogens is 3. The van der Waals surface area contributed by atoms with E-state index >= 15 is 0 Å². The quantitative estimate of drug-likeness (QED) is 0.106. The molecule has 0 saturated heterocycles. The molecule has 0 fully saturated rings. The van der Waals surface area contributed by atoms with E-state index in [1.807, 2.05) is 12.1 Å². The van der Waals surface area contributed by atoms with E-state index in [-0.39, 0.29) is 38.4 Å². The Morgan fingerprint density at radius 1 is 0.739 bits per heavy atom. The van der Waals surface area contributed by atoms with Crippen molar-refractivity contribution >= 4 is 64.7 Å². The first kappa shape index (κ1) is 30.4. The molecule has 0 aliphatic rings. The van der Waals surface area contributed by atoms with Crippen molar-refractivity contribution < 1.29 is 36.2 Å². The fourth-order valence-corrected chi connectivity index (χ4v) is 5.78. The lowest BCUT2D eigenvalue weighted by molar-refractivity contribution is 0.434. The summed E-state index contributed by atoms with van der Waals surface area (Å²) < 4.78 is 67.6. The third-order valence-electron chi connectivity index (χ3n) is 6.83. The highest BCUT2D eigenvalue weighted by Crippen LogP contribution is 2.43. The number of fused-ring (bicyclic) bond motifs is 2. The highest BCUT2D eigenvalue weighted by molar-refractivity contribution is 7.86. The highest BCUT2D eigenvalue weighted by Gasteiger charge is 2.23. The molecule has 4 N–H and O–H groups in total. The summed E-state index contributed by atoms with van der Waals surface area (Å²) in [6.45, 7) is 1.55. The van der Waals surface area contributed by atoms with Gasteiger partial charge in [0.05, 0.1) is 27.5 Å². The fraction of sp³-hybridized carbons (Fsp3) is 0.0345. The zero-order valence-electron chi connectivity index (χ0n) is 23.5. The first-order valence-electron chi connectivity index (χ1n) is 13.1. The van der Waals surface area contributed by atoms with Gasteiger partial charge in [0.25, 0.3) is 20.2 Å². The molecule has 0 amide bonds. The van der Waals surface area contributed by atoms with E-state index in [0.29, 0.717) is 11.2 Å². The van der Waals surface area contributed by atoms with Gasteiger partial charge in [0, 0.05) is 17.0 Å². The monoisotopic (exact) mass is 659 g/mol. The molecule has 0 aliphatic carbocycles. The Hall–Kier alpha value is -5.62. The number of aromatic hydroxyl groups is 2. The second kappa shape index (κ2) is 11.4. The van der Waals surface area contributed by atoms with E-state index in [4.69, 9.17) is 0 Å². The highest BCUT2D eigenvalue weighted by atomic mass is 32.2. The molecule has 15 nitrogen and oxygen atoms in total. The van der Waals surface area contributed by atoms with Gasteiger partial charge in [0.1, 0.15) is 16.3 Å². The Kier molecular flexibility index (Phi) is 7.53. The van der Waals surface area contributed by atoms with E-state index in [1.165, 1.54) is 30.3 Å². The third-order valence-corrected chi connectivity index (χ3v) is 8.57. The third kappa shape index (κ3) is 5.77. The standard InChI is InChI=1S/C29H21N7O8S2/c1-16-25(29(38)36(35-16)20-8-10-21(11-9-20)45(39,40)41)33-31-19-7-12-22-18(14-19)15-24(46(42,43)44)27(28(22)37)34-32-23-6-2-4-17-5-3-13-30-26(17)23/h2-15,37-38H,1H3,(H,39,40,41)(H,42,43,44). The number of aryl methyl sites for hydroxylation is 1. The molecule has 17 heteroatoms. The number of pyridine rings is 1. The van der Waals surface area contributed by atoms with Crippen LogP contribution in [0.2, 0.25) is 0 Å². The van der Waals surface area contributed by atoms with Crippen molar-refractivity contribution in [1.82, 2.24) is 14.8 Å². The molecule has 6 aromatic rings. The zero-order chi connectivity index (χ0) is 32.8. The van der Waals surface area contributed by atoms with Gasteiger partial charge in [-0.25, -0.2) is 0 Å². The van der Waals surface area contributed by atoms with E-state index in [0.717, 1.165) is 28.3 Å². The average molecular weight is 660 g/mol. The Morgan fingerprint density at radius 3 is 2.17 bits per heavy atom. The van der Waals surface area contributed by atoms with Crippen molar-refractivity contribution in [3.05, 3.63) is 90.8 Å². The number of azo groups is 2. The molecule has 0 bridgehead atoms. The van der Waals surface area contributed by atoms with Crippen molar-refractivity contribution in [2.75, 3.05) is 0 Å². The normalized spacial score (nSPS) is 12.6. The molecule has 0 radical (unpaired) electrons. The van der Waals surface area contributed by atoms with Crippen LogP contribution in [0.15, 0.2) is 115 Å². The minimum Gasteiger partial charge on any atom is -0.505 e. The maximum Gasteiger partial charge on any atom is 0.296 e. The maximum atomic E-state index is 12.3. The van der Waals surface area contributed by atoms with Gasteiger partial charge in [-0.05, 0) is 73.0 Å². The van der Waals surface area contributed by atoms with Crippen molar-refractivity contribution in [2.45, 2.75) is 16.7 Å². The molecule has 46 heavy (non-hydrogen) atoms. The number of phenolic OH excluding ortho intramolecular Hbond substituents is 1. The second-order valence-corrected chi connectivity index (χ2v) is 12.7. The Bertz CT molecular complexity index is 2460. The van der Waals surface area contributed by atoms with Crippen LogP contribution < -0.4 is 0 Å². The van der Waals surface area contributed by atoms with Crippen LogP contribution in [0.1, 0.15) is 5.69 Å². The van der Waals surface area contributed by atoms with Crippen LogP contribution in [0.4, 0.5) is 22.7 Å². The topological polar surface area (TPSA) is 229 Å². The molecule has 2 heterocycles. The van der Waals surface area contributed by atoms with Gasteiger partial charge in [-0.15, -0.1) is 15.3 Å². The number of benzene rings is 4. The zero-order valence-corrected chi connectivity index (χ0v) is 25.1. The van der Waals surface area contributed by atoms with Crippen LogP contribution in [-0.2, 0) is 20.2 Å². The SMILES string of the molecule is Cc1nn(-c2ccc(S(=O)(=O)O)cc2)c(O)c1N=Nc1ccc2c(O)c(N=Nc3cccc4cccnc34)c(S(=O)(=O)O)cc2c1. The molecule has 2 aromatic heterocycles. The van der Waals surface area contributed by atoms with E-state index in [1.54, 1.807) is 31.3 Å². The van der Waals surface area contributed by atoms with E-state index in [9.17, 15) is 36.2 Å². The summed E-state index contributed by atoms with van der Waals surface area (Å²) in [5, 5.41) is 43.4. The number of rotatable bonds is 7. The fourth-order valence-electron chi connectivity index (χ4n) is 4.64. The van der Waals surface area contributed by atoms with E-state index in [2.05, 4.69) is 30.5 Å². The summed E-state index contributed by atoms with van der Waals surface area (Å²) in [7, 11) is -9.29. The Labute approximate surface area is 260 Å². The van der Waals surface area contributed by atoms with Crippen LogP contribution in [0, 0.1) is 6.92 Å². The Balaban J connectivity index is 1.36. The molecule has 0 aliphatic heterocycles. The summed E-state index contributed by atoms with van der Waals surface area (Å²) in [5.41, 5.74) is 1.05. The summed E-state index contributed by atoms with van der Waals surface area (Å²) in [4.78, 5) is 3.24. The summed E-state index contributed by atoms with van der Waals surface area (Å²) in [5.74, 6) is -0.968. The van der Waals surface area contributed by atoms with Crippen LogP contribution in [-0.4, -0.2) is 50.9 Å². The first-order chi connectivity index (χ1) is 21.8. The largest absolute Gasteiger partial charge is 0.505 e. The minimum atomic E-state index is -4.88. The van der Waals surface area contributed by atoms with Crippen molar-refractivity contribution in [3.63, 3.8) is 0 Å². The lowest BCUT2D eigenvalue weighted by atomic mass is 10.1. The summed E-state index contributed by atoms with van der Waals surface area (Å²) in [6.07, 6.45) is 1.57. The molecule has 0 atom stereocenters. The molecule has 0 saturated carbocycles. The number of nitrogens with zero attached hydrogens (tertiary/aromatic N) is 7. The number of para-hydroxylation sites is 1. The molecule has 0 spiro atoms. The molecule has 4 aromatic carbocycles. The smallest absolute Gasteiger partial charge is 0.296 e. The number of hydrogen-bond donors (Lipinski definition) is 4. The predicted octanol–water partition coefficient (Wildman–Crippen LogP) is 6.62. The van der Waals surface area contributed by atoms with Crippen LogP contribution in [0.5, 0.6) is 11.6 Å². The lowest BCUT2D eigenvalue weighted by Gasteiger charge is -2.09. The predicted molar refractivity (Wildman–Crippen MR) is 165 cm³/mol. The van der Waals surface area contributed by atoms with Gasteiger partial charge >= 0.3 is 0 Å². The van der Waals surface area contributed by atoms with Gasteiger partial charge in [0.15, 0.2) is 11.4 Å². The second-order valence-electron chi connectivity index (χ2n) is 9.84. The van der Waals surface area contributed by atoms with Crippen LogP contribution >= 0.6 is 0 Å².